The van der Waals surface area contributed by atoms with Crippen molar-refractivity contribution in [3.63, 3.8) is 0 Å². The highest BCUT2D eigenvalue weighted by Crippen LogP contribution is 2.24. The number of carbonyl (C=O) groups is 3. The number of rotatable bonds is 5. The van der Waals surface area contributed by atoms with Gasteiger partial charge in [0.2, 0.25) is 5.91 Å². The van der Waals surface area contributed by atoms with E-state index >= 15 is 0 Å². The summed E-state index contributed by atoms with van der Waals surface area (Å²) in [6.07, 6.45) is 1.59. The number of amides is 1. The van der Waals surface area contributed by atoms with Gasteiger partial charge in [0, 0.05) is 17.1 Å². The van der Waals surface area contributed by atoms with Crippen LogP contribution in [0.25, 0.3) is 10.9 Å². The molecule has 0 bridgehead atoms. The summed E-state index contributed by atoms with van der Waals surface area (Å²) in [4.78, 5) is 36.4. The lowest BCUT2D eigenvalue weighted by Gasteiger charge is -2.07. The van der Waals surface area contributed by atoms with Crippen LogP contribution < -0.4 is 5.32 Å². The van der Waals surface area contributed by atoms with Gasteiger partial charge in [0.15, 0.2) is 0 Å². The van der Waals surface area contributed by atoms with Gasteiger partial charge in [-0.05, 0) is 17.5 Å². The van der Waals surface area contributed by atoms with Crippen molar-refractivity contribution in [2.45, 2.75) is 6.54 Å². The molecule has 26 heavy (non-hydrogen) atoms. The third kappa shape index (κ3) is 3.31. The van der Waals surface area contributed by atoms with Gasteiger partial charge in [0.1, 0.15) is 11.4 Å². The van der Waals surface area contributed by atoms with Gasteiger partial charge in [-0.2, -0.15) is 0 Å². The Kier molecular flexibility index (Phi) is 5.04. The average molecular weight is 372 g/mol. The van der Waals surface area contributed by atoms with Crippen molar-refractivity contribution in [2.24, 2.45) is 0 Å². The zero-order valence-corrected chi connectivity index (χ0v) is 15.0. The van der Waals surface area contributed by atoms with Crippen LogP contribution in [0.3, 0.4) is 0 Å². The molecule has 0 aliphatic heterocycles. The van der Waals surface area contributed by atoms with E-state index in [1.165, 1.54) is 25.6 Å². The molecule has 0 saturated heterocycles. The number of thiophene rings is 1. The van der Waals surface area contributed by atoms with Gasteiger partial charge in [-0.1, -0.05) is 18.2 Å². The summed E-state index contributed by atoms with van der Waals surface area (Å²) in [5.41, 5.74) is 1.53. The molecule has 3 aromatic rings. The number of aromatic nitrogens is 1. The van der Waals surface area contributed by atoms with Crippen LogP contribution in [0.5, 0.6) is 0 Å². The minimum Gasteiger partial charge on any atom is -0.465 e. The van der Waals surface area contributed by atoms with Crippen LogP contribution in [-0.2, 0) is 20.8 Å². The molecule has 0 saturated carbocycles. The zero-order chi connectivity index (χ0) is 18.7. The molecule has 1 amide bonds. The van der Waals surface area contributed by atoms with Gasteiger partial charge < -0.3 is 19.4 Å². The summed E-state index contributed by atoms with van der Waals surface area (Å²) >= 11 is 1.19. The molecule has 0 spiro atoms. The number of hydrogen-bond acceptors (Lipinski definition) is 6. The molecule has 0 atom stereocenters. The van der Waals surface area contributed by atoms with Gasteiger partial charge in [-0.25, -0.2) is 9.59 Å². The molecule has 0 aliphatic rings. The maximum absolute atomic E-state index is 12.4. The molecular weight excluding hydrogens is 356 g/mol. The van der Waals surface area contributed by atoms with Crippen LogP contribution >= 0.6 is 11.3 Å². The number of benzene rings is 1. The Labute approximate surface area is 153 Å². The van der Waals surface area contributed by atoms with E-state index in [1.807, 2.05) is 18.2 Å². The first-order valence-electron chi connectivity index (χ1n) is 7.67. The topological polar surface area (TPSA) is 86.6 Å². The monoisotopic (exact) mass is 372 g/mol. The standard InChI is InChI=1S/C18H16N2O5S/c1-24-17(22)12-9-20(14-6-4-3-5-11(12)14)10-15(21)19-13-7-8-26-16(13)18(23)25-2/h3-9H,10H2,1-2H3,(H,19,21). The smallest absolute Gasteiger partial charge is 0.350 e. The highest BCUT2D eigenvalue weighted by atomic mass is 32.1. The van der Waals surface area contributed by atoms with E-state index in [0.29, 0.717) is 21.5 Å². The third-order valence-corrected chi connectivity index (χ3v) is 4.71. The summed E-state index contributed by atoms with van der Waals surface area (Å²) in [7, 11) is 2.60. The van der Waals surface area contributed by atoms with Crippen molar-refractivity contribution in [1.29, 1.82) is 0 Å². The second-order valence-electron chi connectivity index (χ2n) is 5.38. The average Bonchev–Trinajstić information content (AvgIpc) is 3.25. The molecular formula is C18H16N2O5S. The molecule has 1 aromatic carbocycles. The first-order chi connectivity index (χ1) is 12.5. The molecule has 3 rings (SSSR count). The van der Waals surface area contributed by atoms with Crippen LogP contribution in [0.4, 0.5) is 5.69 Å². The van der Waals surface area contributed by atoms with Crippen molar-refractivity contribution >= 4 is 45.8 Å². The fourth-order valence-corrected chi connectivity index (χ4v) is 3.42. The number of nitrogens with zero attached hydrogens (tertiary/aromatic N) is 1. The number of fused-ring (bicyclic) bond motifs is 1. The minimum absolute atomic E-state index is 0.0199. The normalized spacial score (nSPS) is 10.5. The van der Waals surface area contributed by atoms with Gasteiger partial charge in [0.25, 0.3) is 0 Å². The molecule has 134 valence electrons. The first-order valence-corrected chi connectivity index (χ1v) is 8.55. The van der Waals surface area contributed by atoms with Gasteiger partial charge in [-0.15, -0.1) is 11.3 Å². The highest BCUT2D eigenvalue weighted by Gasteiger charge is 2.18. The van der Waals surface area contributed by atoms with Gasteiger partial charge in [0.05, 0.1) is 25.5 Å². The number of hydrogen-bond donors (Lipinski definition) is 1. The maximum Gasteiger partial charge on any atom is 0.350 e. The van der Waals surface area contributed by atoms with E-state index in [2.05, 4.69) is 5.32 Å². The van der Waals surface area contributed by atoms with Crippen molar-refractivity contribution in [2.75, 3.05) is 19.5 Å². The summed E-state index contributed by atoms with van der Waals surface area (Å²) in [6, 6.07) is 8.89. The second-order valence-corrected chi connectivity index (χ2v) is 6.30. The molecule has 2 aromatic heterocycles. The van der Waals surface area contributed by atoms with Crippen LogP contribution in [0.15, 0.2) is 41.9 Å². The van der Waals surface area contributed by atoms with Crippen LogP contribution in [0.2, 0.25) is 0 Å². The summed E-state index contributed by atoms with van der Waals surface area (Å²) < 4.78 is 11.2. The van der Waals surface area contributed by atoms with Crippen LogP contribution in [0.1, 0.15) is 20.0 Å². The van der Waals surface area contributed by atoms with Crippen molar-refractivity contribution in [3.8, 4) is 0 Å². The molecule has 2 heterocycles. The molecule has 0 fully saturated rings. The molecule has 0 radical (unpaired) electrons. The largest absolute Gasteiger partial charge is 0.465 e. The van der Waals surface area contributed by atoms with E-state index in [1.54, 1.807) is 28.3 Å². The minimum atomic E-state index is -0.505. The lowest BCUT2D eigenvalue weighted by molar-refractivity contribution is -0.116. The third-order valence-electron chi connectivity index (χ3n) is 3.82. The van der Waals surface area contributed by atoms with Gasteiger partial charge in [-0.3, -0.25) is 4.79 Å². The van der Waals surface area contributed by atoms with E-state index in [4.69, 9.17) is 9.47 Å². The Bertz CT molecular complexity index is 989. The number of esters is 2. The number of anilines is 1. The molecule has 0 unspecified atom stereocenters. The quantitative estimate of drug-likeness (QED) is 0.696. The fourth-order valence-electron chi connectivity index (χ4n) is 2.65. The van der Waals surface area contributed by atoms with E-state index in [9.17, 15) is 14.4 Å². The van der Waals surface area contributed by atoms with Crippen molar-refractivity contribution in [1.82, 2.24) is 4.57 Å². The predicted molar refractivity (Wildman–Crippen MR) is 97.6 cm³/mol. The summed E-state index contributed by atoms with van der Waals surface area (Å²) in [5.74, 6) is -1.30. The van der Waals surface area contributed by atoms with E-state index < -0.39 is 11.9 Å². The Morgan fingerprint density at radius 2 is 1.81 bits per heavy atom. The van der Waals surface area contributed by atoms with E-state index in [-0.39, 0.29) is 12.5 Å². The lowest BCUT2D eigenvalue weighted by Crippen LogP contribution is -2.19. The number of ether oxygens (including phenoxy) is 2. The fraction of sp³-hybridized carbons (Fsp3) is 0.167. The number of carbonyl (C=O) groups excluding carboxylic acids is 3. The van der Waals surface area contributed by atoms with Crippen LogP contribution in [0, 0.1) is 0 Å². The van der Waals surface area contributed by atoms with Crippen LogP contribution in [-0.4, -0.2) is 36.6 Å². The SMILES string of the molecule is COC(=O)c1sccc1NC(=O)Cn1cc(C(=O)OC)c2ccccc21. The Balaban J connectivity index is 1.85. The maximum atomic E-state index is 12.4. The second kappa shape index (κ2) is 7.40. The van der Waals surface area contributed by atoms with E-state index in [0.717, 1.165) is 5.52 Å². The summed E-state index contributed by atoms with van der Waals surface area (Å²) in [5, 5.41) is 5.11. The first kappa shape index (κ1) is 17.7. The Morgan fingerprint density at radius 1 is 1.08 bits per heavy atom. The number of para-hydroxylation sites is 1. The summed E-state index contributed by atoms with van der Waals surface area (Å²) in [6.45, 7) is -0.0199. The number of methoxy groups -OCH3 is 2. The predicted octanol–water partition coefficient (Wildman–Crippen LogP) is 2.91. The Hall–Kier alpha value is -3.13. The Morgan fingerprint density at radius 3 is 2.54 bits per heavy atom. The molecule has 0 aliphatic carbocycles. The molecule has 7 nitrogen and oxygen atoms in total. The number of nitrogens with one attached hydrogen (secondary N) is 1. The van der Waals surface area contributed by atoms with Crippen molar-refractivity contribution < 1.29 is 23.9 Å². The molecule has 8 heteroatoms. The van der Waals surface area contributed by atoms with Gasteiger partial charge >= 0.3 is 11.9 Å². The zero-order valence-electron chi connectivity index (χ0n) is 14.1. The highest BCUT2D eigenvalue weighted by molar-refractivity contribution is 7.12. The molecule has 1 N–H and O–H groups in total. The lowest BCUT2D eigenvalue weighted by atomic mass is 10.2. The van der Waals surface area contributed by atoms with Crippen molar-refractivity contribution in [3.05, 3.63) is 52.3 Å².